The molecule has 0 aliphatic carbocycles. The Labute approximate surface area is 91.4 Å². The molecule has 17 heavy (non-hydrogen) atoms. The van der Waals surface area contributed by atoms with Crippen LogP contribution in [0.15, 0.2) is 36.2 Å². The SMILES string of the molecule is F/C(=C(/c1ccccc1)C(F)(F)F)C(F)(F)F. The smallest absolute Gasteiger partial charge is 0.201 e. The monoisotopic (exact) mass is 258 g/mol. The van der Waals surface area contributed by atoms with E-state index in [-0.39, 0.29) is 0 Å². The van der Waals surface area contributed by atoms with Crippen molar-refractivity contribution in [3.05, 3.63) is 41.7 Å². The van der Waals surface area contributed by atoms with Gasteiger partial charge in [-0.25, -0.2) is 4.39 Å². The van der Waals surface area contributed by atoms with Crippen LogP contribution in [0.5, 0.6) is 0 Å². The molecule has 0 aromatic heterocycles. The summed E-state index contributed by atoms with van der Waals surface area (Å²) >= 11 is 0. The van der Waals surface area contributed by atoms with E-state index in [4.69, 9.17) is 0 Å². The molecule has 0 bridgehead atoms. The van der Waals surface area contributed by atoms with Gasteiger partial charge in [0.15, 0.2) is 0 Å². The second-order valence-electron chi connectivity index (χ2n) is 3.05. The first-order chi connectivity index (χ1) is 7.64. The van der Waals surface area contributed by atoms with Gasteiger partial charge in [0, 0.05) is 0 Å². The summed E-state index contributed by atoms with van der Waals surface area (Å²) < 4.78 is 85.9. The first-order valence-electron chi connectivity index (χ1n) is 4.23. The zero-order chi connectivity index (χ0) is 13.3. The average Bonchev–Trinajstić information content (AvgIpc) is 2.15. The number of alkyl halides is 6. The van der Waals surface area contributed by atoms with Crippen molar-refractivity contribution in [3.8, 4) is 0 Å². The second kappa shape index (κ2) is 4.38. The number of halogens is 7. The lowest BCUT2D eigenvalue weighted by atomic mass is 10.0. The maximum absolute atomic E-state index is 12.8. The molecule has 0 heterocycles. The average molecular weight is 258 g/mol. The van der Waals surface area contributed by atoms with E-state index in [1.54, 1.807) is 0 Å². The molecule has 0 N–H and O–H groups in total. The molecule has 1 aromatic carbocycles. The lowest BCUT2D eigenvalue weighted by Crippen LogP contribution is -2.19. The van der Waals surface area contributed by atoms with Gasteiger partial charge in [0.05, 0.1) is 0 Å². The van der Waals surface area contributed by atoms with Crippen LogP contribution in [0.3, 0.4) is 0 Å². The van der Waals surface area contributed by atoms with E-state index in [0.29, 0.717) is 0 Å². The van der Waals surface area contributed by atoms with Crippen molar-refractivity contribution in [2.24, 2.45) is 0 Å². The van der Waals surface area contributed by atoms with Crippen LogP contribution in [-0.2, 0) is 0 Å². The Balaban J connectivity index is 3.44. The fourth-order valence-corrected chi connectivity index (χ4v) is 1.16. The van der Waals surface area contributed by atoms with E-state index < -0.39 is 29.3 Å². The zero-order valence-corrected chi connectivity index (χ0v) is 8.03. The fraction of sp³-hybridized carbons (Fsp3) is 0.200. The first-order valence-corrected chi connectivity index (χ1v) is 4.23. The Kier molecular flexibility index (Phi) is 3.49. The molecule has 0 spiro atoms. The highest BCUT2D eigenvalue weighted by Crippen LogP contribution is 2.42. The molecule has 1 aromatic rings. The third kappa shape index (κ3) is 3.21. The highest BCUT2D eigenvalue weighted by Gasteiger charge is 2.47. The summed E-state index contributed by atoms with van der Waals surface area (Å²) in [5.74, 6) is -3.14. The maximum Gasteiger partial charge on any atom is 0.443 e. The molecular formula is C10H5F7. The van der Waals surface area contributed by atoms with Crippen molar-refractivity contribution in [1.29, 1.82) is 0 Å². The summed E-state index contributed by atoms with van der Waals surface area (Å²) in [5.41, 5.74) is -3.18. The molecule has 0 radical (unpaired) electrons. The van der Waals surface area contributed by atoms with Crippen LogP contribution in [0, 0.1) is 0 Å². The second-order valence-corrected chi connectivity index (χ2v) is 3.05. The molecule has 94 valence electrons. The summed E-state index contributed by atoms with van der Waals surface area (Å²) in [5, 5.41) is 0. The van der Waals surface area contributed by atoms with Crippen LogP contribution in [0.2, 0.25) is 0 Å². The number of hydrogen-bond donors (Lipinski definition) is 0. The molecular weight excluding hydrogens is 253 g/mol. The van der Waals surface area contributed by atoms with E-state index >= 15 is 0 Å². The lowest BCUT2D eigenvalue weighted by molar-refractivity contribution is -0.116. The quantitative estimate of drug-likeness (QED) is 0.651. The van der Waals surface area contributed by atoms with Crippen LogP contribution in [0.4, 0.5) is 30.7 Å². The van der Waals surface area contributed by atoms with Crippen LogP contribution in [-0.4, -0.2) is 12.4 Å². The highest BCUT2D eigenvalue weighted by atomic mass is 19.4. The maximum atomic E-state index is 12.8. The summed E-state index contributed by atoms with van der Waals surface area (Å²) in [7, 11) is 0. The van der Waals surface area contributed by atoms with Gasteiger partial charge in [-0.05, 0) is 5.56 Å². The Morgan fingerprint density at radius 1 is 0.765 bits per heavy atom. The first kappa shape index (κ1) is 13.5. The summed E-state index contributed by atoms with van der Waals surface area (Å²) in [6.07, 6.45) is -11.1. The summed E-state index contributed by atoms with van der Waals surface area (Å²) in [4.78, 5) is 0. The van der Waals surface area contributed by atoms with Gasteiger partial charge in [-0.1, -0.05) is 30.3 Å². The molecule has 0 amide bonds. The van der Waals surface area contributed by atoms with Crippen LogP contribution < -0.4 is 0 Å². The van der Waals surface area contributed by atoms with Gasteiger partial charge in [-0.3, -0.25) is 0 Å². The van der Waals surface area contributed by atoms with Crippen LogP contribution >= 0.6 is 0 Å². The molecule has 0 nitrogen and oxygen atoms in total. The van der Waals surface area contributed by atoms with Gasteiger partial charge in [0.2, 0.25) is 5.83 Å². The van der Waals surface area contributed by atoms with E-state index in [1.807, 2.05) is 0 Å². The van der Waals surface area contributed by atoms with Crippen molar-refractivity contribution >= 4 is 5.57 Å². The normalized spacial score (nSPS) is 14.5. The third-order valence-corrected chi connectivity index (χ3v) is 1.81. The van der Waals surface area contributed by atoms with Crippen molar-refractivity contribution < 1.29 is 30.7 Å². The lowest BCUT2D eigenvalue weighted by Gasteiger charge is -2.15. The largest absolute Gasteiger partial charge is 0.443 e. The van der Waals surface area contributed by atoms with E-state index in [9.17, 15) is 30.7 Å². The Bertz CT molecular complexity index is 411. The molecule has 0 fully saturated rings. The molecule has 0 saturated heterocycles. The van der Waals surface area contributed by atoms with Gasteiger partial charge in [-0.2, -0.15) is 26.3 Å². The van der Waals surface area contributed by atoms with Crippen molar-refractivity contribution in [1.82, 2.24) is 0 Å². The molecule has 0 atom stereocenters. The predicted molar refractivity (Wildman–Crippen MR) is 46.6 cm³/mol. The highest BCUT2D eigenvalue weighted by molar-refractivity contribution is 5.72. The zero-order valence-electron chi connectivity index (χ0n) is 8.03. The van der Waals surface area contributed by atoms with E-state index in [1.165, 1.54) is 6.07 Å². The standard InChI is InChI=1S/C10H5F7/c11-8(10(15,16)17)7(9(12,13)14)6-4-2-1-3-5-6/h1-5H/b8-7-. The number of benzene rings is 1. The number of rotatable bonds is 1. The van der Waals surface area contributed by atoms with Crippen LogP contribution in [0.1, 0.15) is 5.56 Å². The van der Waals surface area contributed by atoms with E-state index in [2.05, 4.69) is 0 Å². The molecule has 0 aliphatic rings. The molecule has 7 heteroatoms. The number of hydrogen-bond acceptors (Lipinski definition) is 0. The van der Waals surface area contributed by atoms with Gasteiger partial charge in [0.25, 0.3) is 0 Å². The fourth-order valence-electron chi connectivity index (χ4n) is 1.16. The molecule has 0 saturated carbocycles. The van der Waals surface area contributed by atoms with Gasteiger partial charge in [-0.15, -0.1) is 0 Å². The van der Waals surface area contributed by atoms with Gasteiger partial charge in [0.1, 0.15) is 5.57 Å². The third-order valence-electron chi connectivity index (χ3n) is 1.81. The summed E-state index contributed by atoms with van der Waals surface area (Å²) in [6.45, 7) is 0. The molecule has 0 aliphatic heterocycles. The summed E-state index contributed by atoms with van der Waals surface area (Å²) in [6, 6.07) is 5.00. The van der Waals surface area contributed by atoms with Crippen molar-refractivity contribution in [3.63, 3.8) is 0 Å². The topological polar surface area (TPSA) is 0 Å². The van der Waals surface area contributed by atoms with Gasteiger partial charge < -0.3 is 0 Å². The molecule has 0 unspecified atom stereocenters. The minimum absolute atomic E-state index is 0.758. The predicted octanol–water partition coefficient (Wildman–Crippen LogP) is 4.49. The van der Waals surface area contributed by atoms with Crippen molar-refractivity contribution in [2.75, 3.05) is 0 Å². The van der Waals surface area contributed by atoms with Crippen LogP contribution in [0.25, 0.3) is 5.57 Å². The number of allylic oxidation sites excluding steroid dienone is 2. The Morgan fingerprint density at radius 2 is 1.24 bits per heavy atom. The molecule has 1 rings (SSSR count). The van der Waals surface area contributed by atoms with E-state index in [0.717, 1.165) is 24.3 Å². The van der Waals surface area contributed by atoms with Gasteiger partial charge >= 0.3 is 12.4 Å². The Hall–Kier alpha value is -1.53. The van der Waals surface area contributed by atoms with Crippen molar-refractivity contribution in [2.45, 2.75) is 12.4 Å². The Morgan fingerprint density at radius 3 is 1.59 bits per heavy atom. The minimum Gasteiger partial charge on any atom is -0.201 e. The minimum atomic E-state index is -5.67.